The molecular weight excluding hydrogens is 239 g/mol. The molecule has 2 aromatic carbocycles. The number of anilines is 2. The Morgan fingerprint density at radius 2 is 1.89 bits per heavy atom. The second-order valence-electron chi connectivity index (χ2n) is 4.67. The summed E-state index contributed by atoms with van der Waals surface area (Å²) in [6.07, 6.45) is 0. The van der Waals surface area contributed by atoms with Gasteiger partial charge in [-0.25, -0.2) is 4.39 Å². The van der Waals surface area contributed by atoms with E-state index in [1.807, 2.05) is 30.3 Å². The number of nitriles is 1. The van der Waals surface area contributed by atoms with E-state index in [0.717, 1.165) is 5.69 Å². The van der Waals surface area contributed by atoms with Crippen molar-refractivity contribution in [2.24, 2.45) is 0 Å². The van der Waals surface area contributed by atoms with Gasteiger partial charge in [-0.05, 0) is 35.7 Å². The lowest BCUT2D eigenvalue weighted by atomic mass is 10.0. The first kappa shape index (κ1) is 13.1. The van der Waals surface area contributed by atoms with Crippen molar-refractivity contribution in [3.63, 3.8) is 0 Å². The second kappa shape index (κ2) is 5.53. The summed E-state index contributed by atoms with van der Waals surface area (Å²) in [5, 5.41) is 11.9. The van der Waals surface area contributed by atoms with Crippen LogP contribution in [0, 0.1) is 17.1 Å². The van der Waals surface area contributed by atoms with E-state index in [-0.39, 0.29) is 5.56 Å². The molecule has 0 saturated heterocycles. The highest BCUT2D eigenvalue weighted by Gasteiger charge is 2.07. The van der Waals surface area contributed by atoms with Crippen LogP contribution in [-0.2, 0) is 0 Å². The fourth-order valence-electron chi connectivity index (χ4n) is 1.95. The van der Waals surface area contributed by atoms with Crippen LogP contribution in [0.5, 0.6) is 0 Å². The zero-order chi connectivity index (χ0) is 13.8. The van der Waals surface area contributed by atoms with Crippen molar-refractivity contribution in [3.8, 4) is 6.07 Å². The van der Waals surface area contributed by atoms with Gasteiger partial charge in [0.1, 0.15) is 11.9 Å². The SMILES string of the molecule is CC(C)c1ccccc1Nc1ccc(C#N)c(F)c1. The zero-order valence-corrected chi connectivity index (χ0v) is 10.9. The number of nitrogens with one attached hydrogen (secondary N) is 1. The molecule has 0 aliphatic heterocycles. The predicted octanol–water partition coefficient (Wildman–Crippen LogP) is 4.56. The molecule has 2 nitrogen and oxygen atoms in total. The fourth-order valence-corrected chi connectivity index (χ4v) is 1.95. The Balaban J connectivity index is 2.32. The van der Waals surface area contributed by atoms with Crippen LogP contribution in [-0.4, -0.2) is 0 Å². The number of nitrogens with zero attached hydrogens (tertiary/aromatic N) is 1. The predicted molar refractivity (Wildman–Crippen MR) is 74.9 cm³/mol. The summed E-state index contributed by atoms with van der Waals surface area (Å²) in [5.41, 5.74) is 2.83. The van der Waals surface area contributed by atoms with E-state index in [0.29, 0.717) is 11.6 Å². The quantitative estimate of drug-likeness (QED) is 0.871. The minimum absolute atomic E-state index is 0.0581. The Bertz CT molecular complexity index is 627. The molecule has 0 amide bonds. The van der Waals surface area contributed by atoms with Crippen molar-refractivity contribution in [1.29, 1.82) is 5.26 Å². The molecule has 0 spiro atoms. The monoisotopic (exact) mass is 254 g/mol. The summed E-state index contributed by atoms with van der Waals surface area (Å²) in [4.78, 5) is 0. The van der Waals surface area contributed by atoms with Crippen molar-refractivity contribution < 1.29 is 4.39 Å². The topological polar surface area (TPSA) is 35.8 Å². The van der Waals surface area contributed by atoms with Crippen molar-refractivity contribution in [3.05, 3.63) is 59.4 Å². The van der Waals surface area contributed by atoms with Crippen molar-refractivity contribution in [2.75, 3.05) is 5.32 Å². The Labute approximate surface area is 112 Å². The van der Waals surface area contributed by atoms with Crippen LogP contribution in [0.3, 0.4) is 0 Å². The molecule has 1 N–H and O–H groups in total. The highest BCUT2D eigenvalue weighted by molar-refractivity contribution is 5.64. The van der Waals surface area contributed by atoms with Gasteiger partial charge in [0.05, 0.1) is 5.56 Å². The Hall–Kier alpha value is -2.34. The van der Waals surface area contributed by atoms with E-state index in [1.165, 1.54) is 17.7 Å². The number of halogens is 1. The molecule has 0 fully saturated rings. The van der Waals surface area contributed by atoms with E-state index in [4.69, 9.17) is 5.26 Å². The molecule has 2 rings (SSSR count). The summed E-state index contributed by atoms with van der Waals surface area (Å²) in [7, 11) is 0. The molecule has 0 atom stereocenters. The lowest BCUT2D eigenvalue weighted by Gasteiger charge is -2.14. The van der Waals surface area contributed by atoms with Gasteiger partial charge in [-0.15, -0.1) is 0 Å². The molecule has 19 heavy (non-hydrogen) atoms. The highest BCUT2D eigenvalue weighted by atomic mass is 19.1. The number of rotatable bonds is 3. The van der Waals surface area contributed by atoms with Gasteiger partial charge < -0.3 is 5.32 Å². The molecule has 2 aromatic rings. The van der Waals surface area contributed by atoms with Gasteiger partial charge in [0, 0.05) is 11.4 Å². The molecule has 0 radical (unpaired) electrons. The second-order valence-corrected chi connectivity index (χ2v) is 4.67. The number of hydrogen-bond donors (Lipinski definition) is 1. The zero-order valence-electron chi connectivity index (χ0n) is 10.9. The average Bonchev–Trinajstić information content (AvgIpc) is 2.39. The van der Waals surface area contributed by atoms with Gasteiger partial charge >= 0.3 is 0 Å². The molecule has 0 aromatic heterocycles. The minimum Gasteiger partial charge on any atom is -0.355 e. The number of para-hydroxylation sites is 1. The summed E-state index contributed by atoms with van der Waals surface area (Å²) in [6.45, 7) is 4.22. The first-order chi connectivity index (χ1) is 9.11. The van der Waals surface area contributed by atoms with Crippen LogP contribution in [0.4, 0.5) is 15.8 Å². The van der Waals surface area contributed by atoms with E-state index in [1.54, 1.807) is 6.07 Å². The van der Waals surface area contributed by atoms with Crippen LogP contribution in [0.2, 0.25) is 0 Å². The normalized spacial score (nSPS) is 10.3. The van der Waals surface area contributed by atoms with Gasteiger partial charge in [-0.3, -0.25) is 0 Å². The lowest BCUT2D eigenvalue weighted by molar-refractivity contribution is 0.624. The molecule has 0 bridgehead atoms. The third kappa shape index (κ3) is 2.92. The van der Waals surface area contributed by atoms with Crippen molar-refractivity contribution in [1.82, 2.24) is 0 Å². The van der Waals surface area contributed by atoms with Gasteiger partial charge in [0.2, 0.25) is 0 Å². The van der Waals surface area contributed by atoms with E-state index in [9.17, 15) is 4.39 Å². The average molecular weight is 254 g/mol. The number of benzene rings is 2. The van der Waals surface area contributed by atoms with E-state index < -0.39 is 5.82 Å². The third-order valence-corrected chi connectivity index (χ3v) is 2.95. The molecular formula is C16H15FN2. The highest BCUT2D eigenvalue weighted by Crippen LogP contribution is 2.27. The maximum Gasteiger partial charge on any atom is 0.143 e. The summed E-state index contributed by atoms with van der Waals surface area (Å²) in [6, 6.07) is 14.3. The van der Waals surface area contributed by atoms with Crippen LogP contribution in [0.25, 0.3) is 0 Å². The first-order valence-electron chi connectivity index (χ1n) is 6.17. The Morgan fingerprint density at radius 1 is 1.16 bits per heavy atom. The standard InChI is InChI=1S/C16H15FN2/c1-11(2)14-5-3-4-6-16(14)19-13-8-7-12(10-18)15(17)9-13/h3-9,11,19H,1-2H3. The fraction of sp³-hybridized carbons (Fsp3) is 0.188. The largest absolute Gasteiger partial charge is 0.355 e. The summed E-state index contributed by atoms with van der Waals surface area (Å²) >= 11 is 0. The summed E-state index contributed by atoms with van der Waals surface area (Å²) < 4.78 is 13.5. The summed E-state index contributed by atoms with van der Waals surface area (Å²) in [5.74, 6) is -0.124. The van der Waals surface area contributed by atoms with Gasteiger partial charge in [0.15, 0.2) is 0 Å². The van der Waals surface area contributed by atoms with Crippen LogP contribution >= 0.6 is 0 Å². The molecule has 0 unspecified atom stereocenters. The van der Waals surface area contributed by atoms with Crippen LogP contribution in [0.15, 0.2) is 42.5 Å². The van der Waals surface area contributed by atoms with Gasteiger partial charge in [-0.1, -0.05) is 32.0 Å². The van der Waals surface area contributed by atoms with Crippen molar-refractivity contribution >= 4 is 11.4 Å². The Kier molecular flexibility index (Phi) is 3.82. The Morgan fingerprint density at radius 3 is 2.53 bits per heavy atom. The maximum atomic E-state index is 13.5. The maximum absolute atomic E-state index is 13.5. The number of hydrogen-bond acceptors (Lipinski definition) is 2. The van der Waals surface area contributed by atoms with E-state index in [2.05, 4.69) is 19.2 Å². The molecule has 0 heterocycles. The van der Waals surface area contributed by atoms with Gasteiger partial charge in [-0.2, -0.15) is 5.26 Å². The molecule has 96 valence electrons. The van der Waals surface area contributed by atoms with Crippen LogP contribution < -0.4 is 5.32 Å². The molecule has 0 aliphatic rings. The van der Waals surface area contributed by atoms with Gasteiger partial charge in [0.25, 0.3) is 0 Å². The minimum atomic E-state index is -0.505. The molecule has 0 aliphatic carbocycles. The van der Waals surface area contributed by atoms with Crippen LogP contribution in [0.1, 0.15) is 30.9 Å². The lowest BCUT2D eigenvalue weighted by Crippen LogP contribution is -1.98. The van der Waals surface area contributed by atoms with Crippen molar-refractivity contribution in [2.45, 2.75) is 19.8 Å². The third-order valence-electron chi connectivity index (χ3n) is 2.95. The van der Waals surface area contributed by atoms with E-state index >= 15 is 0 Å². The molecule has 0 saturated carbocycles. The first-order valence-corrected chi connectivity index (χ1v) is 6.17. The molecule has 3 heteroatoms. The smallest absolute Gasteiger partial charge is 0.143 e.